The average molecular weight is 239 g/mol. The summed E-state index contributed by atoms with van der Waals surface area (Å²) >= 11 is 0. The number of nitrogens with one attached hydrogen (secondary N) is 1. The van der Waals surface area contributed by atoms with E-state index in [2.05, 4.69) is 29.3 Å². The number of aromatic nitrogens is 2. The molecule has 0 saturated heterocycles. The Kier molecular flexibility index (Phi) is 6.18. The molecule has 1 rings (SSSR count). The molecule has 17 heavy (non-hydrogen) atoms. The Balaban J connectivity index is 2.38. The summed E-state index contributed by atoms with van der Waals surface area (Å²) in [7, 11) is 1.93. The highest BCUT2D eigenvalue weighted by Gasteiger charge is 2.10. The van der Waals surface area contributed by atoms with Crippen molar-refractivity contribution >= 4 is 0 Å². The number of nitrogens with zero attached hydrogens (tertiary/aromatic N) is 3. The Morgan fingerprint density at radius 2 is 2.18 bits per heavy atom. The van der Waals surface area contributed by atoms with Crippen LogP contribution in [0, 0.1) is 0 Å². The maximum absolute atomic E-state index is 5.60. The van der Waals surface area contributed by atoms with Crippen molar-refractivity contribution in [2.45, 2.75) is 32.7 Å². The van der Waals surface area contributed by atoms with E-state index in [0.717, 1.165) is 32.5 Å². The summed E-state index contributed by atoms with van der Waals surface area (Å²) in [6.45, 7) is 7.66. The number of hydrogen-bond acceptors (Lipinski definition) is 4. The zero-order valence-electron chi connectivity index (χ0n) is 11.2. The maximum atomic E-state index is 5.60. The molecule has 1 aromatic heterocycles. The Hall–Kier alpha value is -0.910. The Morgan fingerprint density at radius 3 is 2.65 bits per heavy atom. The summed E-state index contributed by atoms with van der Waals surface area (Å²) in [6.07, 6.45) is 5.95. The fraction of sp³-hybridized carbons (Fsp3) is 0.750. The van der Waals surface area contributed by atoms with Gasteiger partial charge in [-0.1, -0.05) is 13.8 Å². The van der Waals surface area contributed by atoms with Gasteiger partial charge in [0.05, 0.1) is 6.20 Å². The van der Waals surface area contributed by atoms with Gasteiger partial charge >= 0.3 is 0 Å². The van der Waals surface area contributed by atoms with Gasteiger partial charge in [-0.3, -0.25) is 16.0 Å². The third kappa shape index (κ3) is 4.85. The van der Waals surface area contributed by atoms with E-state index < -0.39 is 0 Å². The van der Waals surface area contributed by atoms with Crippen LogP contribution in [0.4, 0.5) is 0 Å². The molecule has 0 aliphatic heterocycles. The summed E-state index contributed by atoms with van der Waals surface area (Å²) in [6, 6.07) is 0.319. The molecule has 1 heterocycles. The lowest BCUT2D eigenvalue weighted by molar-refractivity contribution is 0.281. The van der Waals surface area contributed by atoms with E-state index in [1.165, 1.54) is 5.56 Å². The highest BCUT2D eigenvalue weighted by molar-refractivity contribution is 5.05. The number of rotatable bonds is 8. The second-order valence-corrected chi connectivity index (χ2v) is 4.41. The Morgan fingerprint density at radius 1 is 1.47 bits per heavy atom. The smallest absolute Gasteiger partial charge is 0.0522 e. The van der Waals surface area contributed by atoms with Gasteiger partial charge in [-0.05, 0) is 38.0 Å². The standard InChI is InChI=1S/C12H25N5/c1-4-17(5-2)7-6-12(15-13)8-11-9-14-16(3)10-11/h9-10,12,15H,4-8,13H2,1-3H3. The fourth-order valence-electron chi connectivity index (χ4n) is 1.98. The average Bonchev–Trinajstić information content (AvgIpc) is 2.74. The molecule has 1 aromatic rings. The molecule has 0 aliphatic carbocycles. The SMILES string of the molecule is CCN(CC)CCC(Cc1cnn(C)c1)NN. The van der Waals surface area contributed by atoms with Gasteiger partial charge in [0.2, 0.25) is 0 Å². The summed E-state index contributed by atoms with van der Waals surface area (Å²) < 4.78 is 1.83. The molecule has 1 unspecified atom stereocenters. The van der Waals surface area contributed by atoms with Crippen LogP contribution in [0.1, 0.15) is 25.8 Å². The summed E-state index contributed by atoms with van der Waals surface area (Å²) in [5.41, 5.74) is 4.13. The molecule has 98 valence electrons. The zero-order chi connectivity index (χ0) is 12.7. The number of hydrazine groups is 1. The third-order valence-electron chi connectivity index (χ3n) is 3.16. The van der Waals surface area contributed by atoms with Crippen molar-refractivity contribution in [2.24, 2.45) is 12.9 Å². The van der Waals surface area contributed by atoms with E-state index in [0.29, 0.717) is 6.04 Å². The van der Waals surface area contributed by atoms with Crippen molar-refractivity contribution in [3.8, 4) is 0 Å². The molecule has 1 atom stereocenters. The van der Waals surface area contributed by atoms with Gasteiger partial charge in [-0.25, -0.2) is 0 Å². The van der Waals surface area contributed by atoms with E-state index in [9.17, 15) is 0 Å². The predicted molar refractivity (Wildman–Crippen MR) is 70.4 cm³/mol. The van der Waals surface area contributed by atoms with Gasteiger partial charge in [-0.2, -0.15) is 5.10 Å². The van der Waals surface area contributed by atoms with Gasteiger partial charge < -0.3 is 4.90 Å². The molecule has 0 fully saturated rings. The monoisotopic (exact) mass is 239 g/mol. The van der Waals surface area contributed by atoms with Crippen LogP contribution in [0.5, 0.6) is 0 Å². The largest absolute Gasteiger partial charge is 0.304 e. The molecule has 0 aliphatic rings. The van der Waals surface area contributed by atoms with E-state index in [1.54, 1.807) is 0 Å². The first-order valence-electron chi connectivity index (χ1n) is 6.35. The molecule has 0 radical (unpaired) electrons. The predicted octanol–water partition coefficient (Wildman–Crippen LogP) is 0.526. The van der Waals surface area contributed by atoms with E-state index in [1.807, 2.05) is 24.1 Å². The van der Waals surface area contributed by atoms with Gasteiger partial charge in [0.1, 0.15) is 0 Å². The minimum absolute atomic E-state index is 0.319. The number of aryl methyl sites for hydroxylation is 1. The van der Waals surface area contributed by atoms with Gasteiger partial charge in [0.15, 0.2) is 0 Å². The minimum atomic E-state index is 0.319. The van der Waals surface area contributed by atoms with Crippen molar-refractivity contribution < 1.29 is 0 Å². The van der Waals surface area contributed by atoms with Crippen LogP contribution in [0.15, 0.2) is 12.4 Å². The lowest BCUT2D eigenvalue weighted by atomic mass is 10.1. The van der Waals surface area contributed by atoms with E-state index in [4.69, 9.17) is 5.84 Å². The van der Waals surface area contributed by atoms with Crippen LogP contribution in [-0.2, 0) is 13.5 Å². The highest BCUT2D eigenvalue weighted by atomic mass is 15.2. The molecule has 0 amide bonds. The van der Waals surface area contributed by atoms with Crippen LogP contribution in [0.2, 0.25) is 0 Å². The molecule has 5 nitrogen and oxygen atoms in total. The second-order valence-electron chi connectivity index (χ2n) is 4.41. The first kappa shape index (κ1) is 14.2. The highest BCUT2D eigenvalue weighted by Crippen LogP contribution is 2.05. The molecule has 0 spiro atoms. The van der Waals surface area contributed by atoms with Gasteiger partial charge in [-0.15, -0.1) is 0 Å². The summed E-state index contributed by atoms with van der Waals surface area (Å²) in [5.74, 6) is 5.60. The molecule has 0 aromatic carbocycles. The lowest BCUT2D eigenvalue weighted by Crippen LogP contribution is -2.39. The van der Waals surface area contributed by atoms with E-state index in [-0.39, 0.29) is 0 Å². The normalized spacial score (nSPS) is 13.2. The third-order valence-corrected chi connectivity index (χ3v) is 3.16. The maximum Gasteiger partial charge on any atom is 0.0522 e. The molecular formula is C12H25N5. The Labute approximate surface area is 104 Å². The van der Waals surface area contributed by atoms with Crippen molar-refractivity contribution in [1.82, 2.24) is 20.1 Å². The second kappa shape index (κ2) is 7.42. The fourth-order valence-corrected chi connectivity index (χ4v) is 1.98. The van der Waals surface area contributed by atoms with Crippen molar-refractivity contribution in [3.63, 3.8) is 0 Å². The van der Waals surface area contributed by atoms with Crippen LogP contribution in [-0.4, -0.2) is 40.4 Å². The van der Waals surface area contributed by atoms with Crippen LogP contribution in [0.3, 0.4) is 0 Å². The van der Waals surface area contributed by atoms with Crippen LogP contribution < -0.4 is 11.3 Å². The van der Waals surface area contributed by atoms with Gasteiger partial charge in [0, 0.05) is 19.3 Å². The van der Waals surface area contributed by atoms with E-state index >= 15 is 0 Å². The van der Waals surface area contributed by atoms with Crippen molar-refractivity contribution in [1.29, 1.82) is 0 Å². The molecule has 3 N–H and O–H groups in total. The molecular weight excluding hydrogens is 214 g/mol. The molecule has 0 bridgehead atoms. The molecule has 5 heteroatoms. The first-order valence-corrected chi connectivity index (χ1v) is 6.35. The Bertz CT molecular complexity index is 306. The zero-order valence-corrected chi connectivity index (χ0v) is 11.2. The number of nitrogens with two attached hydrogens (primary N) is 1. The van der Waals surface area contributed by atoms with Crippen molar-refractivity contribution in [2.75, 3.05) is 19.6 Å². The lowest BCUT2D eigenvalue weighted by Gasteiger charge is -2.22. The quantitative estimate of drug-likeness (QED) is 0.513. The number of hydrogen-bond donors (Lipinski definition) is 2. The first-order chi connectivity index (χ1) is 8.19. The molecule has 0 saturated carbocycles. The summed E-state index contributed by atoms with van der Waals surface area (Å²) in [4.78, 5) is 2.41. The van der Waals surface area contributed by atoms with Crippen LogP contribution in [0.25, 0.3) is 0 Å². The van der Waals surface area contributed by atoms with Crippen LogP contribution >= 0.6 is 0 Å². The van der Waals surface area contributed by atoms with Crippen molar-refractivity contribution in [3.05, 3.63) is 18.0 Å². The summed E-state index contributed by atoms with van der Waals surface area (Å²) in [5, 5.41) is 4.17. The minimum Gasteiger partial charge on any atom is -0.304 e. The van der Waals surface area contributed by atoms with Gasteiger partial charge in [0.25, 0.3) is 0 Å². The topological polar surface area (TPSA) is 59.1 Å².